The molecule has 0 saturated heterocycles. The summed E-state index contributed by atoms with van der Waals surface area (Å²) >= 11 is 0. The molecule has 0 fully saturated rings. The molecule has 0 aliphatic carbocycles. The molecule has 2 unspecified atom stereocenters. The van der Waals surface area contributed by atoms with Crippen molar-refractivity contribution in [3.8, 4) is 12.1 Å². The van der Waals surface area contributed by atoms with Crippen LogP contribution in [-0.2, 0) is 12.8 Å². The molecule has 3 aromatic rings. The molecule has 28 heavy (non-hydrogen) atoms. The Morgan fingerprint density at radius 3 is 1.18 bits per heavy atom. The van der Waals surface area contributed by atoms with E-state index in [4.69, 9.17) is 0 Å². The van der Waals surface area contributed by atoms with E-state index in [1.54, 1.807) is 24.3 Å². The van der Waals surface area contributed by atoms with Crippen LogP contribution in [0, 0.1) is 34.3 Å². The predicted octanol–water partition coefficient (Wildman–Crippen LogP) is 5.66. The lowest BCUT2D eigenvalue weighted by molar-refractivity contribution is 0.626. The average Bonchev–Trinajstić information content (AvgIpc) is 2.73. The second-order valence-electron chi connectivity index (χ2n) is 6.69. The molecule has 0 aliphatic rings. The van der Waals surface area contributed by atoms with E-state index in [1.165, 1.54) is 24.3 Å². The van der Waals surface area contributed by atoms with E-state index in [0.717, 1.165) is 22.3 Å². The van der Waals surface area contributed by atoms with Gasteiger partial charge >= 0.3 is 0 Å². The Labute approximate surface area is 163 Å². The van der Waals surface area contributed by atoms with Crippen molar-refractivity contribution < 1.29 is 8.78 Å². The monoisotopic (exact) mass is 372 g/mol. The number of rotatable bonds is 6. The Bertz CT molecular complexity index is 910. The van der Waals surface area contributed by atoms with Crippen LogP contribution < -0.4 is 0 Å². The van der Waals surface area contributed by atoms with Crippen molar-refractivity contribution in [1.29, 1.82) is 10.5 Å². The van der Waals surface area contributed by atoms with Crippen LogP contribution in [0.25, 0.3) is 0 Å². The lowest BCUT2D eigenvalue weighted by Crippen LogP contribution is -2.03. The third-order valence-electron chi connectivity index (χ3n) is 4.76. The highest BCUT2D eigenvalue weighted by Crippen LogP contribution is 2.24. The van der Waals surface area contributed by atoms with Crippen LogP contribution in [0.3, 0.4) is 0 Å². The minimum absolute atomic E-state index is 0.321. The fourth-order valence-corrected chi connectivity index (χ4v) is 3.15. The summed E-state index contributed by atoms with van der Waals surface area (Å²) in [5, 5.41) is 18.9. The van der Waals surface area contributed by atoms with E-state index < -0.39 is 0 Å². The number of hydrogen-bond acceptors (Lipinski definition) is 2. The molecule has 0 radical (unpaired) electrons. The molecule has 0 saturated carbocycles. The Kier molecular flexibility index (Phi) is 6.14. The first kappa shape index (κ1) is 19.3. The first-order chi connectivity index (χ1) is 13.6. The van der Waals surface area contributed by atoms with Gasteiger partial charge in [-0.3, -0.25) is 0 Å². The highest BCUT2D eigenvalue weighted by atomic mass is 19.1. The SMILES string of the molecule is N#CC(Cc1ccc(CC(C#N)c2ccc(F)cc2)cc1)c1ccc(F)cc1. The summed E-state index contributed by atoms with van der Waals surface area (Å²) in [4.78, 5) is 0. The van der Waals surface area contributed by atoms with Crippen LogP contribution in [0.1, 0.15) is 34.1 Å². The van der Waals surface area contributed by atoms with Crippen LogP contribution >= 0.6 is 0 Å². The van der Waals surface area contributed by atoms with E-state index in [-0.39, 0.29) is 23.5 Å². The minimum Gasteiger partial charge on any atom is -0.207 e. The van der Waals surface area contributed by atoms with Gasteiger partial charge in [-0.15, -0.1) is 0 Å². The molecule has 0 N–H and O–H groups in total. The molecular weight excluding hydrogens is 354 g/mol. The van der Waals surface area contributed by atoms with Gasteiger partial charge in [-0.1, -0.05) is 48.5 Å². The van der Waals surface area contributed by atoms with Crippen LogP contribution in [-0.4, -0.2) is 0 Å². The van der Waals surface area contributed by atoms with Crippen LogP contribution in [0.2, 0.25) is 0 Å². The van der Waals surface area contributed by atoms with E-state index in [2.05, 4.69) is 12.1 Å². The molecule has 0 amide bonds. The number of nitrogens with zero attached hydrogens (tertiary/aromatic N) is 2. The average molecular weight is 372 g/mol. The smallest absolute Gasteiger partial charge is 0.123 e. The summed E-state index contributed by atoms with van der Waals surface area (Å²) in [6.07, 6.45) is 1.06. The van der Waals surface area contributed by atoms with Crippen LogP contribution in [0.4, 0.5) is 8.78 Å². The van der Waals surface area contributed by atoms with Crippen molar-refractivity contribution in [2.45, 2.75) is 24.7 Å². The second-order valence-corrected chi connectivity index (χ2v) is 6.69. The molecule has 0 spiro atoms. The fraction of sp³-hybridized carbons (Fsp3) is 0.167. The topological polar surface area (TPSA) is 47.6 Å². The largest absolute Gasteiger partial charge is 0.207 e. The summed E-state index contributed by atoms with van der Waals surface area (Å²) in [6.45, 7) is 0. The molecule has 0 heterocycles. The maximum atomic E-state index is 13.1. The molecule has 2 atom stereocenters. The fourth-order valence-electron chi connectivity index (χ4n) is 3.15. The van der Waals surface area contributed by atoms with E-state index in [9.17, 15) is 19.3 Å². The maximum absolute atomic E-state index is 13.1. The molecule has 3 aromatic carbocycles. The van der Waals surface area contributed by atoms with Gasteiger partial charge in [0.1, 0.15) is 11.6 Å². The third kappa shape index (κ3) is 4.81. The predicted molar refractivity (Wildman–Crippen MR) is 103 cm³/mol. The summed E-state index contributed by atoms with van der Waals surface area (Å²) in [5.74, 6) is -1.34. The normalized spacial score (nSPS) is 12.6. The standard InChI is InChI=1S/C24H18F2N2/c25-23-9-5-19(6-10-23)21(15-27)13-17-1-2-18(4-3-17)14-22(16-28)20-7-11-24(26)12-8-20/h1-12,21-22H,13-14H2. The van der Waals surface area contributed by atoms with Crippen molar-refractivity contribution in [1.82, 2.24) is 0 Å². The van der Waals surface area contributed by atoms with Gasteiger partial charge in [0.15, 0.2) is 0 Å². The summed E-state index contributed by atoms with van der Waals surface area (Å²) < 4.78 is 26.2. The lowest BCUT2D eigenvalue weighted by atomic mass is 9.90. The van der Waals surface area contributed by atoms with Gasteiger partial charge in [0.25, 0.3) is 0 Å². The van der Waals surface area contributed by atoms with Crippen molar-refractivity contribution in [3.05, 3.63) is 107 Å². The Morgan fingerprint density at radius 1 is 0.571 bits per heavy atom. The zero-order valence-electron chi connectivity index (χ0n) is 15.1. The van der Waals surface area contributed by atoms with Gasteiger partial charge in [-0.2, -0.15) is 10.5 Å². The van der Waals surface area contributed by atoms with Crippen LogP contribution in [0.15, 0.2) is 72.8 Å². The Morgan fingerprint density at radius 2 is 0.893 bits per heavy atom. The summed E-state index contributed by atoms with van der Waals surface area (Å²) in [7, 11) is 0. The third-order valence-corrected chi connectivity index (χ3v) is 4.76. The van der Waals surface area contributed by atoms with Gasteiger partial charge in [-0.05, 0) is 59.4 Å². The molecule has 0 aliphatic heterocycles. The van der Waals surface area contributed by atoms with Crippen molar-refractivity contribution in [2.75, 3.05) is 0 Å². The summed E-state index contributed by atoms with van der Waals surface area (Å²) in [6, 6.07) is 24.3. The quantitative estimate of drug-likeness (QED) is 0.560. The number of benzene rings is 3. The minimum atomic E-state index is -0.350. The maximum Gasteiger partial charge on any atom is 0.123 e. The summed E-state index contributed by atoms with van der Waals surface area (Å²) in [5.41, 5.74) is 3.56. The first-order valence-electron chi connectivity index (χ1n) is 8.97. The lowest BCUT2D eigenvalue weighted by Gasteiger charge is -2.12. The molecule has 4 heteroatoms. The molecule has 0 aromatic heterocycles. The number of nitriles is 2. The number of hydrogen-bond donors (Lipinski definition) is 0. The van der Waals surface area contributed by atoms with Crippen LogP contribution in [0.5, 0.6) is 0 Å². The Hall–Kier alpha value is -3.50. The molecule has 2 nitrogen and oxygen atoms in total. The van der Waals surface area contributed by atoms with Gasteiger partial charge in [0, 0.05) is 0 Å². The molecule has 0 bridgehead atoms. The van der Waals surface area contributed by atoms with Crippen molar-refractivity contribution >= 4 is 0 Å². The van der Waals surface area contributed by atoms with Gasteiger partial charge < -0.3 is 0 Å². The van der Waals surface area contributed by atoms with E-state index in [1.807, 2.05) is 24.3 Å². The van der Waals surface area contributed by atoms with Gasteiger partial charge in [-0.25, -0.2) is 8.78 Å². The van der Waals surface area contributed by atoms with Gasteiger partial charge in [0.05, 0.1) is 24.0 Å². The van der Waals surface area contributed by atoms with Crippen molar-refractivity contribution in [3.63, 3.8) is 0 Å². The second kappa shape index (κ2) is 8.93. The first-order valence-corrected chi connectivity index (χ1v) is 8.97. The molecular formula is C24H18F2N2. The molecule has 138 valence electrons. The highest BCUT2D eigenvalue weighted by molar-refractivity contribution is 5.33. The highest BCUT2D eigenvalue weighted by Gasteiger charge is 2.14. The zero-order valence-corrected chi connectivity index (χ0v) is 15.1. The Balaban J connectivity index is 1.68. The van der Waals surface area contributed by atoms with Crippen molar-refractivity contribution in [2.24, 2.45) is 0 Å². The number of halogens is 2. The van der Waals surface area contributed by atoms with E-state index in [0.29, 0.717) is 12.8 Å². The van der Waals surface area contributed by atoms with E-state index >= 15 is 0 Å². The molecule has 3 rings (SSSR count). The zero-order chi connectivity index (χ0) is 19.9. The van der Waals surface area contributed by atoms with Gasteiger partial charge in [0.2, 0.25) is 0 Å².